The maximum absolute atomic E-state index is 9.67. The Morgan fingerprint density at radius 1 is 0.941 bits per heavy atom. The average Bonchev–Trinajstić information content (AvgIpc) is 2.62. The first kappa shape index (κ1) is 12.0. The van der Waals surface area contributed by atoms with E-state index >= 15 is 0 Å². The maximum atomic E-state index is 9.67. The summed E-state index contributed by atoms with van der Waals surface area (Å²) in [5.41, 5.74) is 1.15. The van der Waals surface area contributed by atoms with Crippen LogP contribution in [0.4, 0.5) is 0 Å². The van der Waals surface area contributed by atoms with Crippen LogP contribution in [0.1, 0.15) is 65.7 Å². The van der Waals surface area contributed by atoms with Crippen LogP contribution in [0.15, 0.2) is 0 Å². The van der Waals surface area contributed by atoms with Gasteiger partial charge in [-0.05, 0) is 73.5 Å². The molecule has 3 atom stereocenters. The Morgan fingerprint density at radius 2 is 1.59 bits per heavy atom. The molecule has 0 heterocycles. The highest BCUT2D eigenvalue weighted by Gasteiger charge is 2.62. The van der Waals surface area contributed by atoms with Crippen molar-refractivity contribution in [1.29, 1.82) is 0 Å². The third-order valence-electron chi connectivity index (χ3n) is 7.17. The third kappa shape index (κ3) is 1.54. The maximum Gasteiger partial charge on any atom is 0.0540 e. The molecule has 3 rings (SSSR count). The summed E-state index contributed by atoms with van der Waals surface area (Å²) in [5.74, 6) is 2.83. The molecule has 1 heteroatoms. The Kier molecular flexibility index (Phi) is 2.63. The zero-order valence-electron chi connectivity index (χ0n) is 11.7. The second-order valence-corrected chi connectivity index (χ2v) is 7.79. The van der Waals surface area contributed by atoms with Gasteiger partial charge in [0.2, 0.25) is 0 Å². The molecule has 3 fully saturated rings. The number of aliphatic hydroxyl groups is 1. The molecule has 2 bridgehead atoms. The summed E-state index contributed by atoms with van der Waals surface area (Å²) in [6, 6.07) is 0. The molecule has 0 aliphatic heterocycles. The summed E-state index contributed by atoms with van der Waals surface area (Å²) < 4.78 is 0. The van der Waals surface area contributed by atoms with Gasteiger partial charge in [0.05, 0.1) is 6.10 Å². The largest absolute Gasteiger partial charge is 0.393 e. The minimum atomic E-state index is 0.00524. The van der Waals surface area contributed by atoms with Gasteiger partial charge in [-0.2, -0.15) is 0 Å². The summed E-state index contributed by atoms with van der Waals surface area (Å²) in [6.45, 7) is 7.60. The molecule has 0 aromatic carbocycles. The van der Waals surface area contributed by atoms with Gasteiger partial charge in [0.15, 0.2) is 0 Å². The molecule has 0 aromatic rings. The first-order valence-electron chi connectivity index (χ1n) is 7.63. The fourth-order valence-corrected chi connectivity index (χ4v) is 5.48. The lowest BCUT2D eigenvalue weighted by Gasteiger charge is -2.44. The Labute approximate surface area is 106 Å². The van der Waals surface area contributed by atoms with Crippen molar-refractivity contribution in [3.63, 3.8) is 0 Å². The van der Waals surface area contributed by atoms with Gasteiger partial charge in [-0.3, -0.25) is 0 Å². The van der Waals surface area contributed by atoms with Crippen molar-refractivity contribution in [2.45, 2.75) is 71.8 Å². The van der Waals surface area contributed by atoms with Gasteiger partial charge in [-0.15, -0.1) is 0 Å². The smallest absolute Gasteiger partial charge is 0.0540 e. The topological polar surface area (TPSA) is 20.2 Å². The zero-order chi connectivity index (χ0) is 12.3. The summed E-state index contributed by atoms with van der Waals surface area (Å²) in [7, 11) is 0. The fraction of sp³-hybridized carbons (Fsp3) is 1.00. The molecule has 1 N–H and O–H groups in total. The Morgan fingerprint density at radius 3 is 2.06 bits per heavy atom. The number of fused-ring (bicyclic) bond motifs is 2. The van der Waals surface area contributed by atoms with E-state index in [0.717, 1.165) is 30.6 Å². The van der Waals surface area contributed by atoms with Gasteiger partial charge >= 0.3 is 0 Å². The van der Waals surface area contributed by atoms with E-state index in [0.29, 0.717) is 10.8 Å². The van der Waals surface area contributed by atoms with Crippen LogP contribution in [0.2, 0.25) is 0 Å². The molecule has 0 amide bonds. The van der Waals surface area contributed by atoms with Gasteiger partial charge in [-0.25, -0.2) is 0 Å². The van der Waals surface area contributed by atoms with Crippen molar-refractivity contribution in [3.8, 4) is 0 Å². The molecule has 0 aromatic heterocycles. The highest BCUT2D eigenvalue weighted by atomic mass is 16.3. The van der Waals surface area contributed by atoms with Crippen molar-refractivity contribution >= 4 is 0 Å². The zero-order valence-corrected chi connectivity index (χ0v) is 11.7. The van der Waals surface area contributed by atoms with Crippen LogP contribution in [-0.2, 0) is 0 Å². The summed E-state index contributed by atoms with van der Waals surface area (Å²) >= 11 is 0. The van der Waals surface area contributed by atoms with Crippen molar-refractivity contribution in [3.05, 3.63) is 0 Å². The normalized spacial score (nSPS) is 52.9. The first-order chi connectivity index (χ1) is 7.95. The Hall–Kier alpha value is -0.0400. The molecule has 0 radical (unpaired) electrons. The second-order valence-electron chi connectivity index (χ2n) is 7.79. The molecule has 1 nitrogen and oxygen atoms in total. The van der Waals surface area contributed by atoms with Crippen molar-refractivity contribution in [1.82, 2.24) is 0 Å². The standard InChI is InChI=1S/C16H28O/c1-15(2)12-8-9-16(15,3)14(10-12)11-4-6-13(17)7-5-11/h11-14,17H,4-10H2,1-3H3/t11-,12?,13-,14-,16?/m1/s1. The minimum absolute atomic E-state index is 0.00524. The lowest BCUT2D eigenvalue weighted by atomic mass is 9.61. The summed E-state index contributed by atoms with van der Waals surface area (Å²) in [4.78, 5) is 0. The van der Waals surface area contributed by atoms with Gasteiger partial charge in [0.25, 0.3) is 0 Å². The molecule has 3 aliphatic rings. The van der Waals surface area contributed by atoms with E-state index in [1.807, 2.05) is 0 Å². The molecule has 3 aliphatic carbocycles. The van der Waals surface area contributed by atoms with Gasteiger partial charge in [-0.1, -0.05) is 20.8 Å². The lowest BCUT2D eigenvalue weighted by Crippen LogP contribution is -2.37. The van der Waals surface area contributed by atoms with Gasteiger partial charge < -0.3 is 5.11 Å². The molecular formula is C16H28O. The number of hydrogen-bond donors (Lipinski definition) is 1. The number of hydrogen-bond acceptors (Lipinski definition) is 1. The monoisotopic (exact) mass is 236 g/mol. The lowest BCUT2D eigenvalue weighted by molar-refractivity contribution is 0.0265. The van der Waals surface area contributed by atoms with Crippen LogP contribution in [0.5, 0.6) is 0 Å². The van der Waals surface area contributed by atoms with E-state index in [1.165, 1.54) is 32.1 Å². The molecule has 98 valence electrons. The second kappa shape index (κ2) is 3.73. The highest BCUT2D eigenvalue weighted by Crippen LogP contribution is 2.70. The van der Waals surface area contributed by atoms with E-state index in [2.05, 4.69) is 20.8 Å². The van der Waals surface area contributed by atoms with Gasteiger partial charge in [0.1, 0.15) is 0 Å². The fourth-order valence-electron chi connectivity index (χ4n) is 5.48. The SMILES string of the molecule is CC1(C)C2CCC1(C)[C@@H]([C@H]1CC[C@H](O)CC1)C2. The van der Waals surface area contributed by atoms with Crippen LogP contribution in [0, 0.1) is 28.6 Å². The van der Waals surface area contributed by atoms with E-state index in [9.17, 15) is 5.11 Å². The van der Waals surface area contributed by atoms with E-state index in [-0.39, 0.29) is 6.10 Å². The Balaban J connectivity index is 1.78. The van der Waals surface area contributed by atoms with Crippen molar-refractivity contribution in [2.24, 2.45) is 28.6 Å². The molecular weight excluding hydrogens is 208 g/mol. The Bertz CT molecular complexity index is 301. The van der Waals surface area contributed by atoms with Crippen LogP contribution in [-0.4, -0.2) is 11.2 Å². The van der Waals surface area contributed by atoms with E-state index in [1.54, 1.807) is 0 Å². The van der Waals surface area contributed by atoms with Gasteiger partial charge in [0, 0.05) is 0 Å². The molecule has 2 unspecified atom stereocenters. The third-order valence-corrected chi connectivity index (χ3v) is 7.17. The minimum Gasteiger partial charge on any atom is -0.393 e. The van der Waals surface area contributed by atoms with Crippen molar-refractivity contribution in [2.75, 3.05) is 0 Å². The predicted molar refractivity (Wildman–Crippen MR) is 70.7 cm³/mol. The van der Waals surface area contributed by atoms with E-state index < -0.39 is 0 Å². The van der Waals surface area contributed by atoms with Crippen LogP contribution in [0.3, 0.4) is 0 Å². The number of aliphatic hydroxyl groups excluding tert-OH is 1. The number of rotatable bonds is 1. The summed E-state index contributed by atoms with van der Waals surface area (Å²) in [6.07, 6.45) is 9.08. The molecule has 0 saturated heterocycles. The first-order valence-corrected chi connectivity index (χ1v) is 7.63. The molecule has 3 saturated carbocycles. The van der Waals surface area contributed by atoms with E-state index in [4.69, 9.17) is 0 Å². The molecule has 17 heavy (non-hydrogen) atoms. The highest BCUT2D eigenvalue weighted by molar-refractivity contribution is 5.11. The quantitative estimate of drug-likeness (QED) is 0.729. The van der Waals surface area contributed by atoms with Crippen LogP contribution < -0.4 is 0 Å². The predicted octanol–water partition coefficient (Wildman–Crippen LogP) is 4.00. The summed E-state index contributed by atoms with van der Waals surface area (Å²) in [5, 5.41) is 9.67. The molecule has 0 spiro atoms. The van der Waals surface area contributed by atoms with Crippen molar-refractivity contribution < 1.29 is 5.11 Å². The van der Waals surface area contributed by atoms with Crippen LogP contribution >= 0.6 is 0 Å². The average molecular weight is 236 g/mol. The van der Waals surface area contributed by atoms with Crippen LogP contribution in [0.25, 0.3) is 0 Å².